The van der Waals surface area contributed by atoms with E-state index in [2.05, 4.69) is 5.32 Å². The summed E-state index contributed by atoms with van der Waals surface area (Å²) in [7, 11) is 0. The molecule has 1 aliphatic rings. The van der Waals surface area contributed by atoms with Crippen molar-refractivity contribution in [2.45, 2.75) is 0 Å². The summed E-state index contributed by atoms with van der Waals surface area (Å²) in [5.74, 6) is 1.30. The van der Waals surface area contributed by atoms with Gasteiger partial charge in [-0.3, -0.25) is 4.79 Å². The number of rotatable bonds is 0. The van der Waals surface area contributed by atoms with Crippen molar-refractivity contribution in [3.05, 3.63) is 58.8 Å². The fourth-order valence-electron chi connectivity index (χ4n) is 1.69. The van der Waals surface area contributed by atoms with Crippen molar-refractivity contribution in [1.82, 2.24) is 0 Å². The van der Waals surface area contributed by atoms with Crippen molar-refractivity contribution in [1.29, 1.82) is 0 Å². The largest absolute Gasteiger partial charge is 0.453 e. The van der Waals surface area contributed by atoms with Crippen LogP contribution >= 0.6 is 0 Å². The highest BCUT2D eigenvalue weighted by Crippen LogP contribution is 2.40. The number of benzene rings is 1. The SMILES string of the molecule is O=c1cccc2c(c1)Oc1ccccc1N2. The van der Waals surface area contributed by atoms with Gasteiger partial charge in [0.15, 0.2) is 16.9 Å². The van der Waals surface area contributed by atoms with Crippen LogP contribution in [0, 0.1) is 0 Å². The summed E-state index contributed by atoms with van der Waals surface area (Å²) in [4.78, 5) is 11.3. The van der Waals surface area contributed by atoms with Crippen LogP contribution < -0.4 is 15.5 Å². The van der Waals surface area contributed by atoms with Crippen molar-refractivity contribution >= 4 is 11.4 Å². The van der Waals surface area contributed by atoms with Gasteiger partial charge in [0.2, 0.25) is 0 Å². The normalized spacial score (nSPS) is 11.8. The molecule has 2 aromatic carbocycles. The first-order chi connectivity index (χ1) is 7.83. The minimum Gasteiger partial charge on any atom is -0.453 e. The molecule has 3 nitrogen and oxygen atoms in total. The average molecular weight is 211 g/mol. The second kappa shape index (κ2) is 3.38. The molecule has 78 valence electrons. The number of fused-ring (bicyclic) bond motifs is 2. The van der Waals surface area contributed by atoms with Crippen molar-refractivity contribution in [2.24, 2.45) is 0 Å². The lowest BCUT2D eigenvalue weighted by atomic mass is 10.2. The summed E-state index contributed by atoms with van der Waals surface area (Å²) >= 11 is 0. The highest BCUT2D eigenvalue weighted by molar-refractivity contribution is 5.74. The zero-order valence-electron chi connectivity index (χ0n) is 8.44. The van der Waals surface area contributed by atoms with Crippen LogP contribution in [0.1, 0.15) is 0 Å². The van der Waals surface area contributed by atoms with Gasteiger partial charge in [-0.1, -0.05) is 18.2 Å². The molecule has 1 N–H and O–H groups in total. The highest BCUT2D eigenvalue weighted by atomic mass is 16.5. The lowest BCUT2D eigenvalue weighted by molar-refractivity contribution is 0.481. The lowest BCUT2D eigenvalue weighted by Crippen LogP contribution is -2.02. The number of para-hydroxylation sites is 2. The van der Waals surface area contributed by atoms with Crippen molar-refractivity contribution in [3.63, 3.8) is 0 Å². The van der Waals surface area contributed by atoms with Crippen LogP contribution in [0.15, 0.2) is 53.3 Å². The van der Waals surface area contributed by atoms with Crippen LogP contribution in [-0.2, 0) is 0 Å². The maximum Gasteiger partial charge on any atom is 0.182 e. The molecule has 0 aromatic heterocycles. The first kappa shape index (κ1) is 8.97. The van der Waals surface area contributed by atoms with Gasteiger partial charge >= 0.3 is 0 Å². The molecular weight excluding hydrogens is 202 g/mol. The van der Waals surface area contributed by atoms with Gasteiger partial charge < -0.3 is 10.1 Å². The standard InChI is InChI=1S/C13H9NO2/c15-9-4-3-6-11-13(8-9)16-12-7-2-1-5-10(12)14-11/h1-8,14H. The van der Waals surface area contributed by atoms with E-state index in [4.69, 9.17) is 4.74 Å². The molecule has 1 aliphatic heterocycles. The Balaban J connectivity index is 2.18. The number of nitrogens with one attached hydrogen (secondary N) is 1. The van der Waals surface area contributed by atoms with Gasteiger partial charge in [0.1, 0.15) is 0 Å². The molecule has 3 rings (SSSR count). The quantitative estimate of drug-likeness (QED) is 0.621. The Morgan fingerprint density at radius 1 is 0.875 bits per heavy atom. The predicted molar refractivity (Wildman–Crippen MR) is 62.5 cm³/mol. The number of hydrogen-bond donors (Lipinski definition) is 1. The molecule has 0 fully saturated rings. The molecular formula is C13H9NO2. The van der Waals surface area contributed by atoms with E-state index in [1.807, 2.05) is 30.3 Å². The topological polar surface area (TPSA) is 38.3 Å². The van der Waals surface area contributed by atoms with Gasteiger partial charge in [-0.05, 0) is 24.3 Å². The van der Waals surface area contributed by atoms with Gasteiger partial charge in [0, 0.05) is 6.07 Å². The Labute approximate surface area is 92.3 Å². The van der Waals surface area contributed by atoms with Crippen molar-refractivity contribution in [2.75, 3.05) is 5.32 Å². The second-order valence-electron chi connectivity index (χ2n) is 3.57. The molecule has 0 bridgehead atoms. The molecule has 0 atom stereocenters. The Bertz CT molecular complexity index is 608. The Kier molecular flexibility index (Phi) is 1.90. The van der Waals surface area contributed by atoms with Crippen LogP contribution in [-0.4, -0.2) is 0 Å². The number of hydrogen-bond acceptors (Lipinski definition) is 3. The van der Waals surface area contributed by atoms with E-state index < -0.39 is 0 Å². The lowest BCUT2D eigenvalue weighted by Gasteiger charge is -2.19. The minimum atomic E-state index is -0.0672. The molecule has 0 radical (unpaired) electrons. The fourth-order valence-corrected chi connectivity index (χ4v) is 1.69. The van der Waals surface area contributed by atoms with Gasteiger partial charge in [0.05, 0.1) is 11.4 Å². The van der Waals surface area contributed by atoms with Gasteiger partial charge in [-0.25, -0.2) is 0 Å². The van der Waals surface area contributed by atoms with E-state index in [9.17, 15) is 4.79 Å². The summed E-state index contributed by atoms with van der Waals surface area (Å²) in [5, 5.41) is 3.22. The van der Waals surface area contributed by atoms with Crippen LogP contribution in [0.5, 0.6) is 11.5 Å². The number of anilines is 2. The fraction of sp³-hybridized carbons (Fsp3) is 0. The maximum absolute atomic E-state index is 11.3. The van der Waals surface area contributed by atoms with E-state index >= 15 is 0 Å². The monoisotopic (exact) mass is 211 g/mol. The third-order valence-electron chi connectivity index (χ3n) is 2.44. The zero-order chi connectivity index (χ0) is 11.0. The summed E-state index contributed by atoms with van der Waals surface area (Å²) < 4.78 is 5.66. The highest BCUT2D eigenvalue weighted by Gasteiger charge is 2.14. The Hall–Kier alpha value is -2.29. The third kappa shape index (κ3) is 1.42. The molecule has 16 heavy (non-hydrogen) atoms. The summed E-state index contributed by atoms with van der Waals surface area (Å²) in [6.45, 7) is 0. The summed E-state index contributed by atoms with van der Waals surface area (Å²) in [6.07, 6.45) is 0. The van der Waals surface area contributed by atoms with Crippen molar-refractivity contribution < 1.29 is 4.74 Å². The smallest absolute Gasteiger partial charge is 0.182 e. The molecule has 0 unspecified atom stereocenters. The number of ether oxygens (including phenoxy) is 1. The molecule has 0 saturated heterocycles. The molecule has 1 heterocycles. The molecule has 2 aromatic rings. The molecule has 0 amide bonds. The predicted octanol–water partition coefficient (Wildman–Crippen LogP) is 2.90. The molecule has 0 aliphatic carbocycles. The van der Waals surface area contributed by atoms with Gasteiger partial charge in [-0.15, -0.1) is 0 Å². The van der Waals surface area contributed by atoms with Crippen LogP contribution in [0.3, 0.4) is 0 Å². The van der Waals surface area contributed by atoms with Gasteiger partial charge in [0.25, 0.3) is 0 Å². The van der Waals surface area contributed by atoms with Gasteiger partial charge in [-0.2, -0.15) is 0 Å². The third-order valence-corrected chi connectivity index (χ3v) is 2.44. The van der Waals surface area contributed by atoms with Crippen LogP contribution in [0.2, 0.25) is 0 Å². The van der Waals surface area contributed by atoms with E-state index in [1.54, 1.807) is 6.07 Å². The van der Waals surface area contributed by atoms with E-state index in [0.717, 1.165) is 17.1 Å². The molecule has 0 spiro atoms. The second-order valence-corrected chi connectivity index (χ2v) is 3.57. The van der Waals surface area contributed by atoms with E-state index in [0.29, 0.717) is 5.75 Å². The Morgan fingerprint density at radius 2 is 1.62 bits per heavy atom. The van der Waals surface area contributed by atoms with E-state index in [-0.39, 0.29) is 5.43 Å². The maximum atomic E-state index is 11.3. The Morgan fingerprint density at radius 3 is 2.56 bits per heavy atom. The summed E-state index contributed by atoms with van der Waals surface area (Å²) in [6, 6.07) is 14.2. The first-order valence-electron chi connectivity index (χ1n) is 5.01. The minimum absolute atomic E-state index is 0.0672. The molecule has 0 saturated carbocycles. The first-order valence-corrected chi connectivity index (χ1v) is 5.01. The van der Waals surface area contributed by atoms with Crippen molar-refractivity contribution in [3.8, 4) is 11.5 Å². The van der Waals surface area contributed by atoms with Crippen LogP contribution in [0.25, 0.3) is 0 Å². The van der Waals surface area contributed by atoms with E-state index in [1.165, 1.54) is 12.1 Å². The summed E-state index contributed by atoms with van der Waals surface area (Å²) in [5.41, 5.74) is 1.65. The zero-order valence-corrected chi connectivity index (χ0v) is 8.44. The average Bonchev–Trinajstić information content (AvgIpc) is 2.46. The molecule has 3 heteroatoms. The van der Waals surface area contributed by atoms with Crippen LogP contribution in [0.4, 0.5) is 11.4 Å².